The van der Waals surface area contributed by atoms with E-state index in [0.717, 1.165) is 6.42 Å². The molecule has 0 bridgehead atoms. The molecule has 4 rings (SSSR count). The lowest BCUT2D eigenvalue weighted by molar-refractivity contribution is -0.117. The minimum atomic E-state index is -3.90. The van der Waals surface area contributed by atoms with Crippen molar-refractivity contribution in [1.82, 2.24) is 14.9 Å². The van der Waals surface area contributed by atoms with Crippen molar-refractivity contribution < 1.29 is 18.0 Å². The molecule has 35 heavy (non-hydrogen) atoms. The number of sulfonamides is 1. The average molecular weight is 496 g/mol. The van der Waals surface area contributed by atoms with Gasteiger partial charge in [-0.25, -0.2) is 8.42 Å². The van der Waals surface area contributed by atoms with Gasteiger partial charge in [0.15, 0.2) is 0 Å². The van der Waals surface area contributed by atoms with Crippen LogP contribution in [0.1, 0.15) is 62.4 Å². The quantitative estimate of drug-likeness (QED) is 0.574. The summed E-state index contributed by atoms with van der Waals surface area (Å²) in [5, 5.41) is 5.92. The Morgan fingerprint density at radius 1 is 1.00 bits per heavy atom. The third-order valence-corrected chi connectivity index (χ3v) is 9.43. The highest BCUT2D eigenvalue weighted by Crippen LogP contribution is 2.45. The molecule has 2 aromatic rings. The number of carbonyl (C=O) groups excluding carboxylic acids is 2. The molecule has 1 aliphatic carbocycles. The van der Waals surface area contributed by atoms with Crippen LogP contribution in [-0.2, 0) is 14.8 Å². The molecule has 2 N–H and O–H groups in total. The van der Waals surface area contributed by atoms with Crippen molar-refractivity contribution in [2.45, 2.75) is 74.5 Å². The highest BCUT2D eigenvalue weighted by atomic mass is 32.2. The van der Waals surface area contributed by atoms with E-state index in [9.17, 15) is 18.0 Å². The fraction of sp³-hybridized carbons (Fsp3) is 0.407. The SMILES string of the molecule is C=CC(=O)NC1CC(C)(C)N(S(=O)(=O)c2ccc(C(=O)N[C@@H]3CC3c3ccccc3)cc2)C1(C)C. The van der Waals surface area contributed by atoms with Crippen molar-refractivity contribution in [3.05, 3.63) is 78.4 Å². The van der Waals surface area contributed by atoms with E-state index in [2.05, 4.69) is 29.3 Å². The first-order valence-electron chi connectivity index (χ1n) is 11.8. The molecule has 1 aliphatic heterocycles. The molecule has 2 unspecified atom stereocenters. The second-order valence-electron chi connectivity index (χ2n) is 10.6. The molecule has 7 nitrogen and oxygen atoms in total. The van der Waals surface area contributed by atoms with Gasteiger partial charge in [0, 0.05) is 29.1 Å². The van der Waals surface area contributed by atoms with E-state index in [1.54, 1.807) is 12.1 Å². The maximum atomic E-state index is 13.7. The van der Waals surface area contributed by atoms with E-state index in [0.29, 0.717) is 17.9 Å². The molecule has 1 saturated carbocycles. The van der Waals surface area contributed by atoms with Gasteiger partial charge >= 0.3 is 0 Å². The Morgan fingerprint density at radius 3 is 2.23 bits per heavy atom. The summed E-state index contributed by atoms with van der Waals surface area (Å²) in [6.07, 6.45) is 2.54. The first kappa shape index (κ1) is 25.1. The molecule has 0 spiro atoms. The largest absolute Gasteiger partial charge is 0.349 e. The molecule has 1 heterocycles. The molecule has 2 aromatic carbocycles. The van der Waals surface area contributed by atoms with Gasteiger partial charge in [0.2, 0.25) is 15.9 Å². The summed E-state index contributed by atoms with van der Waals surface area (Å²) in [5.74, 6) is -0.237. The van der Waals surface area contributed by atoms with Crippen LogP contribution < -0.4 is 10.6 Å². The van der Waals surface area contributed by atoms with Gasteiger partial charge in [-0.2, -0.15) is 4.31 Å². The summed E-state index contributed by atoms with van der Waals surface area (Å²) in [4.78, 5) is 24.8. The summed E-state index contributed by atoms with van der Waals surface area (Å²) in [6, 6.07) is 15.8. The molecule has 1 saturated heterocycles. The number of hydrogen-bond donors (Lipinski definition) is 2. The summed E-state index contributed by atoms with van der Waals surface area (Å²) in [7, 11) is -3.90. The van der Waals surface area contributed by atoms with Crippen molar-refractivity contribution in [2.24, 2.45) is 0 Å². The van der Waals surface area contributed by atoms with Crippen LogP contribution in [0.25, 0.3) is 0 Å². The lowest BCUT2D eigenvalue weighted by Crippen LogP contribution is -2.56. The number of amides is 2. The maximum absolute atomic E-state index is 13.7. The molecule has 2 aliphatic rings. The van der Waals surface area contributed by atoms with Crippen molar-refractivity contribution in [2.75, 3.05) is 0 Å². The Kier molecular flexibility index (Phi) is 6.40. The number of rotatable bonds is 7. The summed E-state index contributed by atoms with van der Waals surface area (Å²) in [6.45, 7) is 10.8. The molecule has 3 atom stereocenters. The number of nitrogens with one attached hydrogen (secondary N) is 2. The summed E-state index contributed by atoms with van der Waals surface area (Å²) >= 11 is 0. The molecule has 8 heteroatoms. The molecule has 2 fully saturated rings. The van der Waals surface area contributed by atoms with Crippen LogP contribution in [0.3, 0.4) is 0 Å². The van der Waals surface area contributed by atoms with Crippen molar-refractivity contribution in [3.63, 3.8) is 0 Å². The molecule has 0 aromatic heterocycles. The van der Waals surface area contributed by atoms with Crippen LogP contribution in [0.4, 0.5) is 0 Å². The summed E-state index contributed by atoms with van der Waals surface area (Å²) < 4.78 is 28.9. The fourth-order valence-corrected chi connectivity index (χ4v) is 7.57. The van der Waals surface area contributed by atoms with Crippen LogP contribution in [0.5, 0.6) is 0 Å². The van der Waals surface area contributed by atoms with Gasteiger partial charge in [-0.15, -0.1) is 0 Å². The third-order valence-electron chi connectivity index (χ3n) is 7.12. The van der Waals surface area contributed by atoms with E-state index in [-0.39, 0.29) is 28.8 Å². The topological polar surface area (TPSA) is 95.6 Å². The Balaban J connectivity index is 1.49. The Labute approximate surface area is 207 Å². The zero-order valence-electron chi connectivity index (χ0n) is 20.6. The van der Waals surface area contributed by atoms with Gasteiger partial charge in [0.05, 0.1) is 10.4 Å². The Morgan fingerprint density at radius 2 is 1.63 bits per heavy atom. The smallest absolute Gasteiger partial charge is 0.251 e. The minimum absolute atomic E-state index is 0.0854. The standard InChI is InChI=1S/C27H33N3O4S/c1-6-24(31)29-23-17-26(2,3)30(27(23,4)5)35(33,34)20-14-12-19(13-15-20)25(32)28-22-16-21(22)18-10-8-7-9-11-18/h6-15,21-23H,1,16-17H2,2-5H3,(H,28,32)(H,29,31)/t21?,22-,23?/m1/s1. The second-order valence-corrected chi connectivity index (χ2v) is 12.3. The van der Waals surface area contributed by atoms with Gasteiger partial charge in [0.25, 0.3) is 5.91 Å². The highest BCUT2D eigenvalue weighted by Gasteiger charge is 2.57. The van der Waals surface area contributed by atoms with Gasteiger partial charge < -0.3 is 10.6 Å². The molecule has 2 amide bonds. The lowest BCUT2D eigenvalue weighted by Gasteiger charge is -2.40. The van der Waals surface area contributed by atoms with Crippen LogP contribution in [-0.4, -0.2) is 47.7 Å². The molecular formula is C27H33N3O4S. The maximum Gasteiger partial charge on any atom is 0.251 e. The number of carbonyl (C=O) groups is 2. The van der Waals surface area contributed by atoms with E-state index >= 15 is 0 Å². The zero-order valence-corrected chi connectivity index (χ0v) is 21.4. The van der Waals surface area contributed by atoms with Crippen LogP contribution in [0.2, 0.25) is 0 Å². The molecule has 186 valence electrons. The highest BCUT2D eigenvalue weighted by molar-refractivity contribution is 7.89. The van der Waals surface area contributed by atoms with Gasteiger partial charge in [-0.05, 0) is 76.4 Å². The third kappa shape index (κ3) is 4.77. The predicted octanol–water partition coefficient (Wildman–Crippen LogP) is 3.59. The van der Waals surface area contributed by atoms with Gasteiger partial charge in [0.1, 0.15) is 0 Å². The minimum Gasteiger partial charge on any atom is -0.349 e. The van der Waals surface area contributed by atoms with Crippen LogP contribution in [0.15, 0.2) is 72.1 Å². The van der Waals surface area contributed by atoms with E-state index < -0.39 is 21.1 Å². The van der Waals surface area contributed by atoms with Crippen molar-refractivity contribution in [3.8, 4) is 0 Å². The molecular weight excluding hydrogens is 462 g/mol. The van der Waals surface area contributed by atoms with Crippen LogP contribution >= 0.6 is 0 Å². The fourth-order valence-electron chi connectivity index (χ4n) is 5.41. The van der Waals surface area contributed by atoms with Gasteiger partial charge in [-0.1, -0.05) is 36.9 Å². The average Bonchev–Trinajstić information content (AvgIpc) is 3.53. The van der Waals surface area contributed by atoms with E-state index in [4.69, 9.17) is 0 Å². The first-order chi connectivity index (χ1) is 16.4. The monoisotopic (exact) mass is 495 g/mol. The number of benzene rings is 2. The lowest BCUT2D eigenvalue weighted by atomic mass is 9.94. The zero-order chi connectivity index (χ0) is 25.6. The number of nitrogens with zero attached hydrogens (tertiary/aromatic N) is 1. The molecule has 0 radical (unpaired) electrons. The van der Waals surface area contributed by atoms with E-state index in [1.807, 2.05) is 45.9 Å². The predicted molar refractivity (Wildman–Crippen MR) is 135 cm³/mol. The Bertz CT molecular complexity index is 1240. The second kappa shape index (κ2) is 8.91. The first-order valence-corrected chi connectivity index (χ1v) is 13.3. The van der Waals surface area contributed by atoms with Crippen LogP contribution in [0, 0.1) is 0 Å². The van der Waals surface area contributed by atoms with Gasteiger partial charge in [-0.3, -0.25) is 9.59 Å². The van der Waals surface area contributed by atoms with E-state index in [1.165, 1.54) is 28.1 Å². The van der Waals surface area contributed by atoms with Crippen molar-refractivity contribution in [1.29, 1.82) is 0 Å². The number of hydrogen-bond acceptors (Lipinski definition) is 4. The van der Waals surface area contributed by atoms with Crippen molar-refractivity contribution >= 4 is 21.8 Å². The Hall–Kier alpha value is -2.97. The summed E-state index contributed by atoms with van der Waals surface area (Å²) in [5.41, 5.74) is 0.0298. The normalized spacial score (nSPS) is 25.0.